The first-order valence-electron chi connectivity index (χ1n) is 10.7. The van der Waals surface area contributed by atoms with Gasteiger partial charge in [0.05, 0.1) is 24.0 Å². The number of ether oxygens (including phenoxy) is 1. The van der Waals surface area contributed by atoms with Gasteiger partial charge in [0, 0.05) is 37.2 Å². The maximum absolute atomic E-state index is 13.0. The highest BCUT2D eigenvalue weighted by Gasteiger charge is 2.22. The molecule has 0 bridgehead atoms. The molecule has 1 fully saturated rings. The first-order valence-corrected chi connectivity index (χ1v) is 10.7. The molecule has 1 aliphatic rings. The van der Waals surface area contributed by atoms with E-state index >= 15 is 0 Å². The molecule has 31 heavy (non-hydrogen) atoms. The van der Waals surface area contributed by atoms with Gasteiger partial charge in [0.15, 0.2) is 0 Å². The van der Waals surface area contributed by atoms with Crippen molar-refractivity contribution in [3.05, 3.63) is 60.2 Å². The molecule has 4 rings (SSSR count). The van der Waals surface area contributed by atoms with Crippen LogP contribution in [0.2, 0.25) is 0 Å². The van der Waals surface area contributed by atoms with Crippen molar-refractivity contribution in [2.24, 2.45) is 5.92 Å². The van der Waals surface area contributed by atoms with E-state index in [1.807, 2.05) is 31.3 Å². The summed E-state index contributed by atoms with van der Waals surface area (Å²) in [4.78, 5) is 24.2. The van der Waals surface area contributed by atoms with Gasteiger partial charge in [-0.3, -0.25) is 9.48 Å². The third-order valence-corrected chi connectivity index (χ3v) is 5.47. The van der Waals surface area contributed by atoms with Crippen LogP contribution in [0.4, 0.5) is 11.5 Å². The highest BCUT2D eigenvalue weighted by atomic mass is 16.5. The summed E-state index contributed by atoms with van der Waals surface area (Å²) in [6.45, 7) is 7.17. The van der Waals surface area contributed by atoms with Crippen molar-refractivity contribution in [3.63, 3.8) is 0 Å². The first kappa shape index (κ1) is 20.8. The Morgan fingerprint density at radius 3 is 2.77 bits per heavy atom. The number of carbonyl (C=O) groups is 1. The number of aryl methyl sites for hydroxylation is 1. The molecule has 0 aliphatic carbocycles. The van der Waals surface area contributed by atoms with E-state index in [1.165, 1.54) is 0 Å². The minimum absolute atomic E-state index is 0.185. The molecule has 1 aliphatic heterocycles. The first-order chi connectivity index (χ1) is 15.1. The van der Waals surface area contributed by atoms with E-state index in [-0.39, 0.29) is 5.91 Å². The van der Waals surface area contributed by atoms with E-state index in [2.05, 4.69) is 32.2 Å². The number of rotatable bonds is 7. The highest BCUT2D eigenvalue weighted by Crippen LogP contribution is 2.26. The lowest BCUT2D eigenvalue weighted by Crippen LogP contribution is -2.35. The van der Waals surface area contributed by atoms with Crippen LogP contribution in [-0.4, -0.2) is 45.4 Å². The fourth-order valence-electron chi connectivity index (χ4n) is 3.60. The molecule has 1 amide bonds. The molecule has 3 aromatic heterocycles. The number of anilines is 2. The normalized spacial score (nSPS) is 14.5. The average Bonchev–Trinajstić information content (AvgIpc) is 3.29. The van der Waals surface area contributed by atoms with Crippen LogP contribution in [0.1, 0.15) is 35.8 Å². The van der Waals surface area contributed by atoms with Gasteiger partial charge in [0.2, 0.25) is 5.88 Å². The predicted molar refractivity (Wildman–Crippen MR) is 119 cm³/mol. The van der Waals surface area contributed by atoms with Crippen LogP contribution in [0.5, 0.6) is 5.88 Å². The van der Waals surface area contributed by atoms with E-state index in [4.69, 9.17) is 4.74 Å². The Labute approximate surface area is 182 Å². The number of piperidine rings is 1. The number of aromatic nitrogens is 4. The molecule has 0 saturated carbocycles. The smallest absolute Gasteiger partial charge is 0.259 e. The zero-order valence-electron chi connectivity index (χ0n) is 18.0. The summed E-state index contributed by atoms with van der Waals surface area (Å²) in [5, 5.41) is 7.07. The molecule has 1 N–H and O–H groups in total. The van der Waals surface area contributed by atoms with E-state index in [9.17, 15) is 4.79 Å². The summed E-state index contributed by atoms with van der Waals surface area (Å²) in [6.07, 6.45) is 7.44. The Hall–Kier alpha value is -3.42. The molecule has 8 nitrogen and oxygen atoms in total. The van der Waals surface area contributed by atoms with Gasteiger partial charge in [-0.15, -0.1) is 0 Å². The molecule has 0 radical (unpaired) electrons. The van der Waals surface area contributed by atoms with E-state index in [0.717, 1.165) is 37.4 Å². The highest BCUT2D eigenvalue weighted by molar-refractivity contribution is 6.07. The fraction of sp³-hybridized carbons (Fsp3) is 0.391. The molecule has 4 heterocycles. The van der Waals surface area contributed by atoms with Crippen molar-refractivity contribution in [2.45, 2.75) is 33.2 Å². The van der Waals surface area contributed by atoms with Crippen molar-refractivity contribution in [3.8, 4) is 5.88 Å². The van der Waals surface area contributed by atoms with Crippen molar-refractivity contribution in [1.29, 1.82) is 0 Å². The molecule has 0 unspecified atom stereocenters. The number of nitrogens with zero attached hydrogens (tertiary/aromatic N) is 5. The topological polar surface area (TPSA) is 85.2 Å². The molecule has 0 aromatic carbocycles. The van der Waals surface area contributed by atoms with Crippen LogP contribution in [0.25, 0.3) is 0 Å². The second-order valence-corrected chi connectivity index (χ2v) is 7.95. The van der Waals surface area contributed by atoms with Crippen molar-refractivity contribution < 1.29 is 9.53 Å². The average molecular weight is 421 g/mol. The Kier molecular flexibility index (Phi) is 6.45. The molecule has 1 saturated heterocycles. The maximum atomic E-state index is 13.0. The van der Waals surface area contributed by atoms with E-state index in [1.54, 1.807) is 29.2 Å². The second-order valence-electron chi connectivity index (χ2n) is 7.95. The molecule has 8 heteroatoms. The summed E-state index contributed by atoms with van der Waals surface area (Å²) in [6, 6.07) is 9.14. The van der Waals surface area contributed by atoms with E-state index < -0.39 is 0 Å². The third-order valence-electron chi connectivity index (χ3n) is 5.47. The fourth-order valence-corrected chi connectivity index (χ4v) is 3.60. The van der Waals surface area contributed by atoms with Crippen LogP contribution in [0, 0.1) is 12.8 Å². The number of amides is 1. The summed E-state index contributed by atoms with van der Waals surface area (Å²) in [7, 11) is 0. The second kappa shape index (κ2) is 9.59. The SMILES string of the molecule is Cc1ccc(C(=O)Nc2ccc(OCCn3cccn3)nc2)c(N2CCC(C)CC2)n1. The van der Waals surface area contributed by atoms with Crippen LogP contribution in [-0.2, 0) is 6.54 Å². The monoisotopic (exact) mass is 420 g/mol. The largest absolute Gasteiger partial charge is 0.476 e. The standard InChI is InChI=1S/C23H28N6O2/c1-17-8-12-28(13-9-17)22-20(6-4-18(2)26-22)23(30)27-19-5-7-21(24-16-19)31-15-14-29-11-3-10-25-29/h3-7,10-11,16-17H,8-9,12-15H2,1-2H3,(H,27,30). The Morgan fingerprint density at radius 1 is 1.23 bits per heavy atom. The van der Waals surface area contributed by atoms with Gasteiger partial charge in [-0.1, -0.05) is 6.92 Å². The zero-order chi connectivity index (χ0) is 21.6. The van der Waals surface area contributed by atoms with Crippen LogP contribution in [0.15, 0.2) is 48.9 Å². The molecular weight excluding hydrogens is 392 g/mol. The lowest BCUT2D eigenvalue weighted by atomic mass is 9.99. The third kappa shape index (κ3) is 5.39. The van der Waals surface area contributed by atoms with Crippen LogP contribution >= 0.6 is 0 Å². The minimum atomic E-state index is -0.185. The summed E-state index contributed by atoms with van der Waals surface area (Å²) in [5.41, 5.74) is 2.10. The number of pyridine rings is 2. The summed E-state index contributed by atoms with van der Waals surface area (Å²) in [5.74, 6) is 1.79. The summed E-state index contributed by atoms with van der Waals surface area (Å²) < 4.78 is 7.44. The predicted octanol–water partition coefficient (Wildman–Crippen LogP) is 3.55. The Bertz CT molecular complexity index is 995. The van der Waals surface area contributed by atoms with Crippen molar-refractivity contribution in [1.82, 2.24) is 19.7 Å². The minimum Gasteiger partial charge on any atom is -0.476 e. The number of hydrogen-bond donors (Lipinski definition) is 1. The van der Waals surface area contributed by atoms with Gasteiger partial charge in [-0.2, -0.15) is 5.10 Å². The van der Waals surface area contributed by atoms with Crippen LogP contribution in [0.3, 0.4) is 0 Å². The molecule has 0 spiro atoms. The van der Waals surface area contributed by atoms with Gasteiger partial charge in [-0.25, -0.2) is 9.97 Å². The molecule has 3 aromatic rings. The lowest BCUT2D eigenvalue weighted by Gasteiger charge is -2.32. The summed E-state index contributed by atoms with van der Waals surface area (Å²) >= 11 is 0. The Balaban J connectivity index is 1.39. The van der Waals surface area contributed by atoms with Crippen molar-refractivity contribution >= 4 is 17.4 Å². The van der Waals surface area contributed by atoms with E-state index in [0.29, 0.717) is 36.2 Å². The van der Waals surface area contributed by atoms with Crippen LogP contribution < -0.4 is 15.0 Å². The molecule has 0 atom stereocenters. The van der Waals surface area contributed by atoms with Gasteiger partial charge >= 0.3 is 0 Å². The number of carbonyl (C=O) groups excluding carboxylic acids is 1. The maximum Gasteiger partial charge on any atom is 0.259 e. The quantitative estimate of drug-likeness (QED) is 0.629. The molecule has 162 valence electrons. The number of hydrogen-bond acceptors (Lipinski definition) is 6. The van der Waals surface area contributed by atoms with Gasteiger partial charge in [-0.05, 0) is 49.9 Å². The van der Waals surface area contributed by atoms with Crippen molar-refractivity contribution in [2.75, 3.05) is 29.9 Å². The lowest BCUT2D eigenvalue weighted by molar-refractivity contribution is 0.102. The number of nitrogens with one attached hydrogen (secondary N) is 1. The zero-order valence-corrected chi connectivity index (χ0v) is 18.0. The van der Waals surface area contributed by atoms with Gasteiger partial charge < -0.3 is 15.0 Å². The van der Waals surface area contributed by atoms with Gasteiger partial charge in [0.25, 0.3) is 5.91 Å². The molecular formula is C23H28N6O2. The Morgan fingerprint density at radius 2 is 2.06 bits per heavy atom. The van der Waals surface area contributed by atoms with Gasteiger partial charge in [0.1, 0.15) is 12.4 Å².